The molecule has 0 bridgehead atoms. The van der Waals surface area contributed by atoms with Crippen LogP contribution >= 0.6 is 0 Å². The van der Waals surface area contributed by atoms with Crippen LogP contribution in [0.3, 0.4) is 0 Å². The molecule has 0 aromatic heterocycles. The summed E-state index contributed by atoms with van der Waals surface area (Å²) in [6, 6.07) is 4.59. The topological polar surface area (TPSA) is 73.6 Å². The van der Waals surface area contributed by atoms with Crippen LogP contribution < -0.4 is 15.8 Å². The number of hydrogen-bond acceptors (Lipinski definition) is 4. The summed E-state index contributed by atoms with van der Waals surface area (Å²) in [5.41, 5.74) is 6.10. The Kier molecular flexibility index (Phi) is 5.31. The van der Waals surface area contributed by atoms with Crippen molar-refractivity contribution in [3.63, 3.8) is 0 Å². The molecule has 0 atom stereocenters. The Labute approximate surface area is 117 Å². The van der Waals surface area contributed by atoms with E-state index < -0.39 is 5.82 Å². The molecule has 2 rings (SSSR count). The predicted octanol–water partition coefficient (Wildman–Crippen LogP) is 0.958. The van der Waals surface area contributed by atoms with E-state index in [-0.39, 0.29) is 30.9 Å². The SMILES string of the molecule is NCc1ccc(OCC(=O)NC2CCOCC2)c(F)c1. The van der Waals surface area contributed by atoms with Crippen molar-refractivity contribution in [2.24, 2.45) is 5.73 Å². The Morgan fingerprint density at radius 3 is 2.85 bits per heavy atom. The molecule has 5 nitrogen and oxygen atoms in total. The molecule has 0 aliphatic carbocycles. The number of nitrogens with two attached hydrogens (primary N) is 1. The van der Waals surface area contributed by atoms with E-state index in [1.165, 1.54) is 12.1 Å². The zero-order chi connectivity index (χ0) is 14.4. The third kappa shape index (κ3) is 4.18. The van der Waals surface area contributed by atoms with Gasteiger partial charge in [0.15, 0.2) is 18.2 Å². The summed E-state index contributed by atoms with van der Waals surface area (Å²) < 4.78 is 24.0. The molecule has 1 saturated heterocycles. The molecule has 0 radical (unpaired) electrons. The van der Waals surface area contributed by atoms with E-state index in [4.69, 9.17) is 15.2 Å². The van der Waals surface area contributed by atoms with Gasteiger partial charge in [0, 0.05) is 25.8 Å². The molecule has 110 valence electrons. The molecule has 1 amide bonds. The summed E-state index contributed by atoms with van der Waals surface area (Å²) in [7, 11) is 0. The zero-order valence-corrected chi connectivity index (χ0v) is 11.2. The number of halogens is 1. The minimum atomic E-state index is -0.508. The van der Waals surface area contributed by atoms with Gasteiger partial charge in [0.2, 0.25) is 0 Å². The lowest BCUT2D eigenvalue weighted by Gasteiger charge is -2.23. The Morgan fingerprint density at radius 1 is 1.45 bits per heavy atom. The molecular formula is C14H19FN2O3. The number of benzene rings is 1. The number of rotatable bonds is 5. The predicted molar refractivity (Wildman–Crippen MR) is 71.8 cm³/mol. The molecule has 6 heteroatoms. The van der Waals surface area contributed by atoms with Crippen molar-refractivity contribution in [1.29, 1.82) is 0 Å². The minimum absolute atomic E-state index is 0.0596. The fourth-order valence-corrected chi connectivity index (χ4v) is 2.04. The second-order valence-corrected chi connectivity index (χ2v) is 4.71. The van der Waals surface area contributed by atoms with Crippen LogP contribution in [0.5, 0.6) is 5.75 Å². The number of hydrogen-bond donors (Lipinski definition) is 2. The van der Waals surface area contributed by atoms with Gasteiger partial charge in [-0.1, -0.05) is 6.07 Å². The van der Waals surface area contributed by atoms with Crippen molar-refractivity contribution >= 4 is 5.91 Å². The number of nitrogens with one attached hydrogen (secondary N) is 1. The minimum Gasteiger partial charge on any atom is -0.481 e. The van der Waals surface area contributed by atoms with Gasteiger partial charge in [-0.05, 0) is 30.5 Å². The Balaban J connectivity index is 1.80. The second kappa shape index (κ2) is 7.21. The van der Waals surface area contributed by atoms with E-state index in [0.717, 1.165) is 12.8 Å². The molecule has 1 aliphatic rings. The van der Waals surface area contributed by atoms with E-state index in [1.807, 2.05) is 0 Å². The molecule has 1 heterocycles. The van der Waals surface area contributed by atoms with E-state index in [0.29, 0.717) is 18.8 Å². The summed E-state index contributed by atoms with van der Waals surface area (Å²) in [6.45, 7) is 1.37. The first kappa shape index (κ1) is 14.7. The first-order chi connectivity index (χ1) is 9.69. The monoisotopic (exact) mass is 282 g/mol. The molecule has 1 aromatic carbocycles. The van der Waals surface area contributed by atoms with Gasteiger partial charge in [0.05, 0.1) is 0 Å². The van der Waals surface area contributed by atoms with Crippen LogP contribution in [0, 0.1) is 5.82 Å². The highest BCUT2D eigenvalue weighted by molar-refractivity contribution is 5.77. The Morgan fingerprint density at radius 2 is 2.20 bits per heavy atom. The van der Waals surface area contributed by atoms with Crippen LogP contribution in [-0.4, -0.2) is 31.8 Å². The molecule has 0 unspecified atom stereocenters. The van der Waals surface area contributed by atoms with Crippen molar-refractivity contribution in [2.75, 3.05) is 19.8 Å². The van der Waals surface area contributed by atoms with E-state index in [2.05, 4.69) is 5.32 Å². The molecule has 20 heavy (non-hydrogen) atoms. The van der Waals surface area contributed by atoms with Crippen LogP contribution in [-0.2, 0) is 16.1 Å². The van der Waals surface area contributed by atoms with Gasteiger partial charge >= 0.3 is 0 Å². The van der Waals surface area contributed by atoms with Gasteiger partial charge in [-0.2, -0.15) is 0 Å². The van der Waals surface area contributed by atoms with Crippen molar-refractivity contribution < 1.29 is 18.7 Å². The summed E-state index contributed by atoms with van der Waals surface area (Å²) >= 11 is 0. The maximum absolute atomic E-state index is 13.6. The molecule has 0 spiro atoms. The number of carbonyl (C=O) groups excluding carboxylic acids is 1. The van der Waals surface area contributed by atoms with E-state index in [9.17, 15) is 9.18 Å². The lowest BCUT2D eigenvalue weighted by atomic mass is 10.1. The van der Waals surface area contributed by atoms with Gasteiger partial charge in [0.25, 0.3) is 5.91 Å². The molecule has 3 N–H and O–H groups in total. The standard InChI is InChI=1S/C14H19FN2O3/c15-12-7-10(8-16)1-2-13(12)20-9-14(18)17-11-3-5-19-6-4-11/h1-2,7,11H,3-6,8-9,16H2,(H,17,18). The fraction of sp³-hybridized carbons (Fsp3) is 0.500. The molecule has 1 aliphatic heterocycles. The Bertz CT molecular complexity index is 462. The number of amides is 1. The third-order valence-corrected chi connectivity index (χ3v) is 3.18. The largest absolute Gasteiger partial charge is 0.481 e. The fourth-order valence-electron chi connectivity index (χ4n) is 2.04. The summed E-state index contributed by atoms with van der Waals surface area (Å²) in [6.07, 6.45) is 1.59. The first-order valence-corrected chi connectivity index (χ1v) is 6.67. The molecular weight excluding hydrogens is 263 g/mol. The smallest absolute Gasteiger partial charge is 0.258 e. The highest BCUT2D eigenvalue weighted by Gasteiger charge is 2.16. The highest BCUT2D eigenvalue weighted by Crippen LogP contribution is 2.18. The van der Waals surface area contributed by atoms with Gasteiger partial charge in [-0.3, -0.25) is 4.79 Å². The average Bonchev–Trinajstić information content (AvgIpc) is 2.47. The van der Waals surface area contributed by atoms with Gasteiger partial charge < -0.3 is 20.5 Å². The normalized spacial score (nSPS) is 15.9. The zero-order valence-electron chi connectivity index (χ0n) is 11.2. The van der Waals surface area contributed by atoms with Crippen molar-refractivity contribution in [3.8, 4) is 5.75 Å². The number of ether oxygens (including phenoxy) is 2. The summed E-state index contributed by atoms with van der Waals surface area (Å²) in [4.78, 5) is 11.7. The lowest BCUT2D eigenvalue weighted by Crippen LogP contribution is -2.41. The molecule has 0 saturated carbocycles. The lowest BCUT2D eigenvalue weighted by molar-refractivity contribution is -0.124. The average molecular weight is 282 g/mol. The van der Waals surface area contributed by atoms with Crippen LogP contribution in [0.25, 0.3) is 0 Å². The number of carbonyl (C=O) groups is 1. The van der Waals surface area contributed by atoms with Crippen LogP contribution in [0.15, 0.2) is 18.2 Å². The van der Waals surface area contributed by atoms with Crippen LogP contribution in [0.2, 0.25) is 0 Å². The highest BCUT2D eigenvalue weighted by atomic mass is 19.1. The van der Waals surface area contributed by atoms with E-state index >= 15 is 0 Å². The Hall–Kier alpha value is -1.66. The maximum Gasteiger partial charge on any atom is 0.258 e. The first-order valence-electron chi connectivity index (χ1n) is 6.67. The van der Waals surface area contributed by atoms with Crippen LogP contribution in [0.1, 0.15) is 18.4 Å². The quantitative estimate of drug-likeness (QED) is 0.843. The van der Waals surface area contributed by atoms with Gasteiger partial charge in [-0.15, -0.1) is 0 Å². The second-order valence-electron chi connectivity index (χ2n) is 4.71. The van der Waals surface area contributed by atoms with Crippen LogP contribution in [0.4, 0.5) is 4.39 Å². The van der Waals surface area contributed by atoms with Crippen molar-refractivity contribution in [2.45, 2.75) is 25.4 Å². The molecule has 1 fully saturated rings. The third-order valence-electron chi connectivity index (χ3n) is 3.18. The van der Waals surface area contributed by atoms with Crippen molar-refractivity contribution in [1.82, 2.24) is 5.32 Å². The van der Waals surface area contributed by atoms with E-state index in [1.54, 1.807) is 6.07 Å². The molecule has 1 aromatic rings. The van der Waals surface area contributed by atoms with Crippen molar-refractivity contribution in [3.05, 3.63) is 29.6 Å². The summed E-state index contributed by atoms with van der Waals surface area (Å²) in [5, 5.41) is 2.84. The van der Waals surface area contributed by atoms with Gasteiger partial charge in [-0.25, -0.2) is 4.39 Å². The van der Waals surface area contributed by atoms with Gasteiger partial charge in [0.1, 0.15) is 0 Å². The maximum atomic E-state index is 13.6. The summed E-state index contributed by atoms with van der Waals surface area (Å²) in [5.74, 6) is -0.699.